The number of guanidine groups is 1. The number of hydrogen-bond donors (Lipinski definition) is 3. The van der Waals surface area contributed by atoms with Crippen molar-refractivity contribution in [2.75, 3.05) is 7.05 Å². The molecule has 24 heavy (non-hydrogen) atoms. The Bertz CT molecular complexity index is 633. The van der Waals surface area contributed by atoms with Crippen LogP contribution in [-0.2, 0) is 16.6 Å². The molecule has 0 aliphatic carbocycles. The van der Waals surface area contributed by atoms with Gasteiger partial charge < -0.3 is 10.6 Å². The third-order valence-corrected chi connectivity index (χ3v) is 4.38. The van der Waals surface area contributed by atoms with Crippen molar-refractivity contribution >= 4 is 40.0 Å². The number of sulfonamides is 1. The van der Waals surface area contributed by atoms with Crippen molar-refractivity contribution in [1.82, 2.24) is 10.6 Å². The first kappa shape index (κ1) is 23.1. The first-order chi connectivity index (χ1) is 10.7. The molecule has 0 saturated carbocycles. The van der Waals surface area contributed by atoms with Gasteiger partial charge >= 0.3 is 0 Å². The topological polar surface area (TPSA) is 96.6 Å². The van der Waals surface area contributed by atoms with Crippen LogP contribution >= 0.6 is 24.0 Å². The van der Waals surface area contributed by atoms with Gasteiger partial charge in [-0.2, -0.15) is 0 Å². The maximum absolute atomic E-state index is 11.4. The smallest absolute Gasteiger partial charge is 0.238 e. The highest BCUT2D eigenvalue weighted by molar-refractivity contribution is 14.0. The Kier molecular flexibility index (Phi) is 10.5. The minimum absolute atomic E-state index is 0. The van der Waals surface area contributed by atoms with Crippen molar-refractivity contribution in [3.63, 3.8) is 0 Å². The van der Waals surface area contributed by atoms with E-state index in [1.165, 1.54) is 6.07 Å². The molecule has 0 aliphatic rings. The summed E-state index contributed by atoms with van der Waals surface area (Å²) in [7, 11) is -1.96. The van der Waals surface area contributed by atoms with Crippen LogP contribution < -0.4 is 15.8 Å². The van der Waals surface area contributed by atoms with Crippen molar-refractivity contribution in [2.45, 2.75) is 51.1 Å². The number of rotatable bonds is 7. The molecule has 0 aliphatic heterocycles. The number of nitrogens with zero attached hydrogens (tertiary/aromatic N) is 1. The summed E-state index contributed by atoms with van der Waals surface area (Å²) >= 11 is 0. The summed E-state index contributed by atoms with van der Waals surface area (Å²) in [5.41, 5.74) is 0.828. The molecule has 0 saturated heterocycles. The van der Waals surface area contributed by atoms with Crippen LogP contribution in [0.25, 0.3) is 0 Å². The second kappa shape index (κ2) is 10.9. The molecule has 0 amide bonds. The van der Waals surface area contributed by atoms with E-state index in [2.05, 4.69) is 36.4 Å². The average molecular weight is 468 g/mol. The Morgan fingerprint density at radius 2 is 1.92 bits per heavy atom. The van der Waals surface area contributed by atoms with E-state index in [-0.39, 0.29) is 28.9 Å². The lowest BCUT2D eigenvalue weighted by molar-refractivity contribution is 0.489. The normalized spacial score (nSPS) is 13.3. The predicted octanol–water partition coefficient (Wildman–Crippen LogP) is 2.44. The summed E-state index contributed by atoms with van der Waals surface area (Å²) in [5, 5.41) is 11.7. The molecule has 0 fully saturated rings. The molecule has 1 atom stereocenters. The molecule has 0 spiro atoms. The molecule has 1 unspecified atom stereocenters. The summed E-state index contributed by atoms with van der Waals surface area (Å²) in [5.74, 6) is 1.37. The largest absolute Gasteiger partial charge is 0.354 e. The minimum atomic E-state index is -3.68. The molecule has 0 radical (unpaired) electrons. The fraction of sp³-hybridized carbons (Fsp3) is 0.562. The van der Waals surface area contributed by atoms with Crippen LogP contribution in [0.15, 0.2) is 34.2 Å². The van der Waals surface area contributed by atoms with Crippen LogP contribution in [0.3, 0.4) is 0 Å². The van der Waals surface area contributed by atoms with Gasteiger partial charge in [-0.3, -0.25) is 4.99 Å². The lowest BCUT2D eigenvalue weighted by atomic mass is 10.0. The van der Waals surface area contributed by atoms with Gasteiger partial charge in [0.2, 0.25) is 10.0 Å². The Morgan fingerprint density at radius 1 is 1.25 bits per heavy atom. The Morgan fingerprint density at radius 3 is 2.46 bits per heavy atom. The third kappa shape index (κ3) is 8.84. The first-order valence-corrected chi connectivity index (χ1v) is 9.36. The van der Waals surface area contributed by atoms with Crippen LogP contribution in [0, 0.1) is 5.92 Å². The van der Waals surface area contributed by atoms with Crippen molar-refractivity contribution in [1.29, 1.82) is 0 Å². The molecule has 1 aromatic rings. The van der Waals surface area contributed by atoms with Crippen LogP contribution in [0.4, 0.5) is 0 Å². The quantitative estimate of drug-likeness (QED) is 0.326. The van der Waals surface area contributed by atoms with Gasteiger partial charge in [0.1, 0.15) is 0 Å². The highest BCUT2D eigenvalue weighted by atomic mass is 127. The Balaban J connectivity index is 0.00000529. The van der Waals surface area contributed by atoms with E-state index in [0.717, 1.165) is 18.4 Å². The zero-order valence-corrected chi connectivity index (χ0v) is 17.9. The van der Waals surface area contributed by atoms with E-state index in [4.69, 9.17) is 5.14 Å². The zero-order valence-electron chi connectivity index (χ0n) is 14.7. The van der Waals surface area contributed by atoms with Crippen LogP contribution in [0.2, 0.25) is 0 Å². The second-order valence-corrected chi connectivity index (χ2v) is 7.70. The fourth-order valence-electron chi connectivity index (χ4n) is 2.10. The molecule has 0 heterocycles. The molecular formula is C16H29IN4O2S. The summed E-state index contributed by atoms with van der Waals surface area (Å²) in [6.45, 7) is 7.01. The van der Waals surface area contributed by atoms with E-state index < -0.39 is 10.0 Å². The molecule has 0 bridgehead atoms. The Labute approximate surface area is 162 Å². The van der Waals surface area contributed by atoms with Gasteiger partial charge in [-0.25, -0.2) is 13.6 Å². The van der Waals surface area contributed by atoms with E-state index >= 15 is 0 Å². The average Bonchev–Trinajstić information content (AvgIpc) is 2.48. The monoisotopic (exact) mass is 468 g/mol. The minimum Gasteiger partial charge on any atom is -0.354 e. The summed E-state index contributed by atoms with van der Waals surface area (Å²) in [6.07, 6.45) is 2.22. The molecular weight excluding hydrogens is 439 g/mol. The van der Waals surface area contributed by atoms with Gasteiger partial charge in [-0.1, -0.05) is 26.0 Å². The standard InChI is InChI=1S/C16H28N4O2S.HI/c1-12(2)8-9-13(3)20-16(18-4)19-11-14-6-5-7-15(10-14)23(17,21)22;/h5-7,10,12-13H,8-9,11H2,1-4H3,(H2,17,21,22)(H2,18,19,20);1H. The third-order valence-electron chi connectivity index (χ3n) is 3.47. The van der Waals surface area contributed by atoms with Crippen molar-refractivity contribution in [3.8, 4) is 0 Å². The zero-order chi connectivity index (χ0) is 17.5. The summed E-state index contributed by atoms with van der Waals surface area (Å²) in [6, 6.07) is 6.90. The maximum atomic E-state index is 11.4. The molecule has 138 valence electrons. The van der Waals surface area contributed by atoms with E-state index in [0.29, 0.717) is 24.5 Å². The fourth-order valence-corrected chi connectivity index (χ4v) is 2.69. The summed E-state index contributed by atoms with van der Waals surface area (Å²) in [4.78, 5) is 4.31. The number of aliphatic imine (C=N–C) groups is 1. The predicted molar refractivity (Wildman–Crippen MR) is 110 cm³/mol. The van der Waals surface area contributed by atoms with Crippen molar-refractivity contribution in [2.24, 2.45) is 16.0 Å². The number of benzene rings is 1. The number of primary sulfonamides is 1. The highest BCUT2D eigenvalue weighted by Gasteiger charge is 2.09. The van der Waals surface area contributed by atoms with E-state index in [1.807, 2.05) is 6.07 Å². The van der Waals surface area contributed by atoms with Gasteiger partial charge in [0.25, 0.3) is 0 Å². The number of halogens is 1. The number of nitrogens with two attached hydrogens (primary N) is 1. The summed E-state index contributed by atoms with van der Waals surface area (Å²) < 4.78 is 22.7. The second-order valence-electron chi connectivity index (χ2n) is 6.13. The molecule has 4 N–H and O–H groups in total. The first-order valence-electron chi connectivity index (χ1n) is 7.81. The number of nitrogens with one attached hydrogen (secondary N) is 2. The molecule has 8 heteroatoms. The van der Waals surface area contributed by atoms with Crippen LogP contribution in [0.5, 0.6) is 0 Å². The van der Waals surface area contributed by atoms with Gasteiger partial charge in [0.15, 0.2) is 5.96 Å². The van der Waals surface area contributed by atoms with Gasteiger partial charge in [-0.15, -0.1) is 24.0 Å². The lowest BCUT2D eigenvalue weighted by Crippen LogP contribution is -2.41. The van der Waals surface area contributed by atoms with Crippen LogP contribution in [0.1, 0.15) is 39.2 Å². The molecule has 1 aromatic carbocycles. The van der Waals surface area contributed by atoms with E-state index in [9.17, 15) is 8.42 Å². The van der Waals surface area contributed by atoms with E-state index in [1.54, 1.807) is 19.2 Å². The SMILES string of the molecule is CN=C(NCc1cccc(S(N)(=O)=O)c1)NC(C)CCC(C)C.I. The molecule has 0 aromatic heterocycles. The van der Waals surface area contributed by atoms with Gasteiger partial charge in [0, 0.05) is 19.6 Å². The van der Waals surface area contributed by atoms with Gasteiger partial charge in [-0.05, 0) is 43.4 Å². The van der Waals surface area contributed by atoms with Gasteiger partial charge in [0.05, 0.1) is 4.90 Å². The lowest BCUT2D eigenvalue weighted by Gasteiger charge is -2.18. The van der Waals surface area contributed by atoms with Crippen molar-refractivity contribution < 1.29 is 8.42 Å². The molecule has 1 rings (SSSR count). The Hall–Kier alpha value is -0.870. The highest BCUT2D eigenvalue weighted by Crippen LogP contribution is 2.10. The molecule has 6 nitrogen and oxygen atoms in total. The number of hydrogen-bond acceptors (Lipinski definition) is 3. The van der Waals surface area contributed by atoms with Crippen molar-refractivity contribution in [3.05, 3.63) is 29.8 Å². The van der Waals surface area contributed by atoms with Crippen LogP contribution in [-0.4, -0.2) is 27.5 Å². The maximum Gasteiger partial charge on any atom is 0.238 e.